The molecule has 0 aromatic rings. The van der Waals surface area contributed by atoms with Gasteiger partial charge in [-0.3, -0.25) is 9.69 Å². The normalized spacial score (nSPS) is 18.1. The molecule has 1 atom stereocenters. The zero-order valence-electron chi connectivity index (χ0n) is 10.8. The van der Waals surface area contributed by atoms with E-state index < -0.39 is 5.97 Å². The highest BCUT2D eigenvalue weighted by molar-refractivity contribution is 5.66. The molecule has 94 valence electrons. The van der Waals surface area contributed by atoms with E-state index in [1.807, 2.05) is 0 Å². The van der Waals surface area contributed by atoms with Crippen molar-refractivity contribution in [2.24, 2.45) is 5.92 Å². The van der Waals surface area contributed by atoms with Crippen molar-refractivity contribution in [3.8, 4) is 0 Å². The number of rotatable bonds is 8. The van der Waals surface area contributed by atoms with Gasteiger partial charge in [0.05, 0.1) is 0 Å². The molecule has 1 aliphatic rings. The third-order valence-electron chi connectivity index (χ3n) is 3.41. The van der Waals surface area contributed by atoms with Crippen molar-refractivity contribution in [1.29, 1.82) is 0 Å². The van der Waals surface area contributed by atoms with Crippen LogP contribution >= 0.6 is 0 Å². The Hall–Kier alpha value is -0.570. The van der Waals surface area contributed by atoms with E-state index in [9.17, 15) is 4.79 Å². The molecule has 0 aliphatic heterocycles. The number of carbonyl (C=O) groups is 1. The van der Waals surface area contributed by atoms with Crippen LogP contribution in [0, 0.1) is 5.92 Å². The Morgan fingerprint density at radius 1 is 1.38 bits per heavy atom. The third-order valence-corrected chi connectivity index (χ3v) is 3.41. The van der Waals surface area contributed by atoms with Crippen molar-refractivity contribution in [2.45, 2.75) is 65.0 Å². The summed E-state index contributed by atoms with van der Waals surface area (Å²) < 4.78 is 0. The molecule has 0 spiro atoms. The molecule has 0 heterocycles. The standard InChI is InChI=1S/C13H25NO2/c1-10(2)14(8-4-5-13(15)16)11(3)9-12-6-7-12/h10-12H,4-9H2,1-3H3,(H,15,16). The fourth-order valence-electron chi connectivity index (χ4n) is 2.37. The predicted molar refractivity (Wildman–Crippen MR) is 65.5 cm³/mol. The summed E-state index contributed by atoms with van der Waals surface area (Å²) in [5, 5.41) is 8.64. The Bertz CT molecular complexity index is 224. The molecule has 1 unspecified atom stereocenters. The lowest BCUT2D eigenvalue weighted by Gasteiger charge is -2.32. The zero-order valence-corrected chi connectivity index (χ0v) is 10.8. The molecule has 1 N–H and O–H groups in total. The summed E-state index contributed by atoms with van der Waals surface area (Å²) in [6.45, 7) is 7.59. The van der Waals surface area contributed by atoms with Crippen LogP contribution in [0.4, 0.5) is 0 Å². The van der Waals surface area contributed by atoms with Gasteiger partial charge in [0.15, 0.2) is 0 Å². The number of hydrogen-bond donors (Lipinski definition) is 1. The summed E-state index contributed by atoms with van der Waals surface area (Å²) in [5.74, 6) is 0.259. The van der Waals surface area contributed by atoms with Crippen molar-refractivity contribution in [1.82, 2.24) is 4.90 Å². The van der Waals surface area contributed by atoms with Crippen molar-refractivity contribution >= 4 is 5.97 Å². The monoisotopic (exact) mass is 227 g/mol. The minimum Gasteiger partial charge on any atom is -0.481 e. The minimum atomic E-state index is -0.682. The highest BCUT2D eigenvalue weighted by Crippen LogP contribution is 2.34. The van der Waals surface area contributed by atoms with E-state index >= 15 is 0 Å². The molecule has 3 heteroatoms. The fourth-order valence-corrected chi connectivity index (χ4v) is 2.37. The first-order valence-electron chi connectivity index (χ1n) is 6.48. The lowest BCUT2D eigenvalue weighted by Crippen LogP contribution is -2.39. The summed E-state index contributed by atoms with van der Waals surface area (Å²) in [6.07, 6.45) is 5.13. The molecular formula is C13H25NO2. The van der Waals surface area contributed by atoms with Crippen LogP contribution in [-0.2, 0) is 4.79 Å². The van der Waals surface area contributed by atoms with Gasteiger partial charge in [0.1, 0.15) is 0 Å². The van der Waals surface area contributed by atoms with E-state index in [1.165, 1.54) is 19.3 Å². The van der Waals surface area contributed by atoms with Crippen LogP contribution in [0.1, 0.15) is 52.9 Å². The van der Waals surface area contributed by atoms with Gasteiger partial charge in [-0.25, -0.2) is 0 Å². The van der Waals surface area contributed by atoms with Gasteiger partial charge in [0.25, 0.3) is 0 Å². The van der Waals surface area contributed by atoms with Gasteiger partial charge in [0.2, 0.25) is 0 Å². The number of hydrogen-bond acceptors (Lipinski definition) is 2. The second kappa shape index (κ2) is 6.24. The highest BCUT2D eigenvalue weighted by Gasteiger charge is 2.27. The highest BCUT2D eigenvalue weighted by atomic mass is 16.4. The Morgan fingerprint density at radius 3 is 2.44 bits per heavy atom. The van der Waals surface area contributed by atoms with E-state index in [0.29, 0.717) is 18.5 Å². The topological polar surface area (TPSA) is 40.5 Å². The first kappa shape index (κ1) is 13.5. The Balaban J connectivity index is 2.29. The lowest BCUT2D eigenvalue weighted by atomic mass is 10.1. The van der Waals surface area contributed by atoms with Crippen LogP contribution in [0.15, 0.2) is 0 Å². The maximum absolute atomic E-state index is 10.5. The zero-order chi connectivity index (χ0) is 12.1. The van der Waals surface area contributed by atoms with E-state index in [4.69, 9.17) is 5.11 Å². The minimum absolute atomic E-state index is 0.291. The number of carboxylic acids is 1. The molecule has 0 aromatic carbocycles. The summed E-state index contributed by atoms with van der Waals surface area (Å²) in [4.78, 5) is 12.9. The average molecular weight is 227 g/mol. The molecule has 1 aliphatic carbocycles. The van der Waals surface area contributed by atoms with Gasteiger partial charge in [-0.15, -0.1) is 0 Å². The average Bonchev–Trinajstić information content (AvgIpc) is 2.94. The number of carboxylic acid groups (broad SMARTS) is 1. The van der Waals surface area contributed by atoms with Gasteiger partial charge in [-0.1, -0.05) is 12.8 Å². The maximum Gasteiger partial charge on any atom is 0.303 e. The molecule has 0 saturated heterocycles. The first-order chi connectivity index (χ1) is 7.50. The van der Waals surface area contributed by atoms with Crippen LogP contribution in [0.3, 0.4) is 0 Å². The van der Waals surface area contributed by atoms with E-state index in [1.54, 1.807) is 0 Å². The maximum atomic E-state index is 10.5. The second-order valence-electron chi connectivity index (χ2n) is 5.36. The van der Waals surface area contributed by atoms with Crippen molar-refractivity contribution in [3.63, 3.8) is 0 Å². The molecule has 3 nitrogen and oxygen atoms in total. The largest absolute Gasteiger partial charge is 0.481 e. The third kappa shape index (κ3) is 4.97. The van der Waals surface area contributed by atoms with Gasteiger partial charge in [-0.2, -0.15) is 0 Å². The van der Waals surface area contributed by atoms with Gasteiger partial charge < -0.3 is 5.11 Å². The van der Waals surface area contributed by atoms with Crippen LogP contribution in [0.5, 0.6) is 0 Å². The van der Waals surface area contributed by atoms with Gasteiger partial charge in [0, 0.05) is 18.5 Å². The molecule has 1 saturated carbocycles. The van der Waals surface area contributed by atoms with E-state index in [0.717, 1.165) is 18.9 Å². The van der Waals surface area contributed by atoms with Crippen LogP contribution in [-0.4, -0.2) is 34.6 Å². The van der Waals surface area contributed by atoms with Crippen molar-refractivity contribution < 1.29 is 9.90 Å². The molecule has 1 rings (SSSR count). The fraction of sp³-hybridized carbons (Fsp3) is 0.923. The van der Waals surface area contributed by atoms with Crippen LogP contribution in [0.2, 0.25) is 0 Å². The second-order valence-corrected chi connectivity index (χ2v) is 5.36. The lowest BCUT2D eigenvalue weighted by molar-refractivity contribution is -0.137. The smallest absolute Gasteiger partial charge is 0.303 e. The molecular weight excluding hydrogens is 202 g/mol. The first-order valence-corrected chi connectivity index (χ1v) is 6.48. The van der Waals surface area contributed by atoms with E-state index in [-0.39, 0.29) is 0 Å². The summed E-state index contributed by atoms with van der Waals surface area (Å²) in [6, 6.07) is 1.11. The summed E-state index contributed by atoms with van der Waals surface area (Å²) in [7, 11) is 0. The number of aliphatic carboxylic acids is 1. The van der Waals surface area contributed by atoms with Gasteiger partial charge in [-0.05, 0) is 46.1 Å². The van der Waals surface area contributed by atoms with Crippen LogP contribution < -0.4 is 0 Å². The van der Waals surface area contributed by atoms with Crippen molar-refractivity contribution in [2.75, 3.05) is 6.54 Å². The molecule has 0 aromatic heterocycles. The SMILES string of the molecule is CC(C)N(CCCC(=O)O)C(C)CC1CC1. The van der Waals surface area contributed by atoms with Crippen LogP contribution in [0.25, 0.3) is 0 Å². The Kier molecular flexibility index (Phi) is 5.26. The van der Waals surface area contributed by atoms with E-state index in [2.05, 4.69) is 25.7 Å². The summed E-state index contributed by atoms with van der Waals surface area (Å²) in [5.41, 5.74) is 0. The van der Waals surface area contributed by atoms with Gasteiger partial charge >= 0.3 is 5.97 Å². The quantitative estimate of drug-likeness (QED) is 0.693. The molecule has 0 amide bonds. The molecule has 16 heavy (non-hydrogen) atoms. The Labute approximate surface area is 98.8 Å². The molecule has 0 bridgehead atoms. The summed E-state index contributed by atoms with van der Waals surface area (Å²) >= 11 is 0. The predicted octanol–water partition coefficient (Wildman–Crippen LogP) is 2.75. The number of nitrogens with zero attached hydrogens (tertiary/aromatic N) is 1. The molecule has 1 fully saturated rings. The Morgan fingerprint density at radius 2 is 2.00 bits per heavy atom. The van der Waals surface area contributed by atoms with Crippen molar-refractivity contribution in [3.05, 3.63) is 0 Å². The molecule has 0 radical (unpaired) electrons.